The van der Waals surface area contributed by atoms with Crippen LogP contribution in [0.25, 0.3) is 11.1 Å². The molecule has 1 aliphatic rings. The molecule has 3 aromatic rings. The lowest BCUT2D eigenvalue weighted by Crippen LogP contribution is -2.47. The largest absolute Gasteiger partial charge is 0.420 e. The fraction of sp³-hybridized carbons (Fsp3) is 0.364. The molecule has 1 saturated heterocycles. The lowest BCUT2D eigenvalue weighted by molar-refractivity contribution is -0.116. The Morgan fingerprint density at radius 1 is 1.06 bits per heavy atom. The normalized spacial score (nSPS) is 20.1. The predicted octanol–water partition coefficient (Wildman–Crippen LogP) is 3.18. The van der Waals surface area contributed by atoms with Crippen molar-refractivity contribution in [2.24, 2.45) is 0 Å². The minimum Gasteiger partial charge on any atom is -0.408 e. The van der Waals surface area contributed by atoms with Crippen LogP contribution in [0.1, 0.15) is 33.1 Å². The van der Waals surface area contributed by atoms with Crippen molar-refractivity contribution in [3.8, 4) is 0 Å². The Morgan fingerprint density at radius 2 is 1.71 bits per heavy atom. The minimum atomic E-state index is -3.61. The van der Waals surface area contributed by atoms with Gasteiger partial charge in [-0.25, -0.2) is 13.2 Å². The molecule has 2 aromatic carbocycles. The zero-order chi connectivity index (χ0) is 22.2. The maximum atomic E-state index is 13.1. The maximum Gasteiger partial charge on any atom is 0.420 e. The van der Waals surface area contributed by atoms with Gasteiger partial charge in [0.2, 0.25) is 15.9 Å². The number of benzene rings is 2. The molecule has 1 fully saturated rings. The number of anilines is 1. The molecule has 9 heteroatoms. The number of carbonyl (C=O) groups is 1. The quantitative estimate of drug-likeness (QED) is 0.653. The number of aromatic nitrogens is 1. The number of carbonyl (C=O) groups excluding carboxylic acids is 1. The third-order valence-electron chi connectivity index (χ3n) is 5.70. The lowest BCUT2D eigenvalue weighted by atomic mass is 10.0. The van der Waals surface area contributed by atoms with Gasteiger partial charge in [0, 0.05) is 17.8 Å². The van der Waals surface area contributed by atoms with Crippen molar-refractivity contribution in [3.63, 3.8) is 0 Å². The second kappa shape index (κ2) is 8.32. The Kier molecular flexibility index (Phi) is 5.72. The molecule has 0 bridgehead atoms. The van der Waals surface area contributed by atoms with E-state index in [4.69, 9.17) is 4.42 Å². The summed E-state index contributed by atoms with van der Waals surface area (Å²) in [6, 6.07) is 12.9. The van der Waals surface area contributed by atoms with Crippen LogP contribution in [0, 0.1) is 0 Å². The van der Waals surface area contributed by atoms with Crippen molar-refractivity contribution in [2.45, 2.75) is 56.6 Å². The van der Waals surface area contributed by atoms with Crippen LogP contribution in [0.5, 0.6) is 0 Å². The van der Waals surface area contributed by atoms with Crippen LogP contribution in [0.4, 0.5) is 5.69 Å². The first-order valence-electron chi connectivity index (χ1n) is 10.3. The molecule has 0 saturated carbocycles. The van der Waals surface area contributed by atoms with Crippen LogP contribution < -0.4 is 11.1 Å². The van der Waals surface area contributed by atoms with Crippen molar-refractivity contribution in [1.82, 2.24) is 8.87 Å². The maximum absolute atomic E-state index is 13.1. The molecule has 0 unspecified atom stereocenters. The number of piperidine rings is 1. The molecule has 1 N–H and O–H groups in total. The fourth-order valence-corrected chi connectivity index (χ4v) is 6.09. The molecule has 31 heavy (non-hydrogen) atoms. The van der Waals surface area contributed by atoms with Gasteiger partial charge in [0.1, 0.15) is 6.54 Å². The smallest absolute Gasteiger partial charge is 0.408 e. The van der Waals surface area contributed by atoms with Gasteiger partial charge in [-0.1, -0.05) is 18.6 Å². The number of fused-ring (bicyclic) bond motifs is 1. The zero-order valence-corrected chi connectivity index (χ0v) is 18.3. The summed E-state index contributed by atoms with van der Waals surface area (Å²) < 4.78 is 34.2. The number of oxazole rings is 1. The van der Waals surface area contributed by atoms with E-state index in [2.05, 4.69) is 5.32 Å². The molecule has 1 amide bonds. The predicted molar refractivity (Wildman–Crippen MR) is 117 cm³/mol. The summed E-state index contributed by atoms with van der Waals surface area (Å²) in [5.41, 5.74) is 1.40. The minimum absolute atomic E-state index is 0.0452. The number of nitrogens with zero attached hydrogens (tertiary/aromatic N) is 2. The molecule has 1 aliphatic heterocycles. The summed E-state index contributed by atoms with van der Waals surface area (Å²) in [5.74, 6) is -1.02. The molecule has 0 spiro atoms. The van der Waals surface area contributed by atoms with E-state index in [1.165, 1.54) is 16.7 Å². The van der Waals surface area contributed by atoms with E-state index in [0.717, 1.165) is 19.3 Å². The van der Waals surface area contributed by atoms with E-state index >= 15 is 0 Å². The first-order chi connectivity index (χ1) is 14.8. The molecule has 164 valence electrons. The number of hydrogen-bond acceptors (Lipinski definition) is 5. The molecule has 2 atom stereocenters. The third kappa shape index (κ3) is 4.15. The zero-order valence-electron chi connectivity index (χ0n) is 17.4. The van der Waals surface area contributed by atoms with Crippen LogP contribution in [-0.4, -0.2) is 35.3 Å². The van der Waals surface area contributed by atoms with Crippen molar-refractivity contribution in [3.05, 3.63) is 59.1 Å². The molecular formula is C22H25N3O5S. The van der Waals surface area contributed by atoms with Gasteiger partial charge in [-0.05, 0) is 63.1 Å². The average molecular weight is 444 g/mol. The van der Waals surface area contributed by atoms with Crippen molar-refractivity contribution >= 4 is 32.7 Å². The van der Waals surface area contributed by atoms with Crippen LogP contribution in [0.2, 0.25) is 0 Å². The van der Waals surface area contributed by atoms with Gasteiger partial charge < -0.3 is 9.73 Å². The SMILES string of the molecule is C[C@@H]1CCC[C@H](C)N1S(=O)(=O)c1ccc(NC(=O)Cn2c(=O)oc3ccccc32)cc1. The van der Waals surface area contributed by atoms with Gasteiger partial charge in [-0.15, -0.1) is 0 Å². The summed E-state index contributed by atoms with van der Waals surface area (Å²) >= 11 is 0. The summed E-state index contributed by atoms with van der Waals surface area (Å²) in [6.07, 6.45) is 2.72. The second-order valence-electron chi connectivity index (χ2n) is 7.96. The van der Waals surface area contributed by atoms with Gasteiger partial charge >= 0.3 is 5.76 Å². The van der Waals surface area contributed by atoms with Crippen LogP contribution >= 0.6 is 0 Å². The Morgan fingerprint density at radius 3 is 2.39 bits per heavy atom. The van der Waals surface area contributed by atoms with E-state index in [0.29, 0.717) is 16.8 Å². The van der Waals surface area contributed by atoms with Crippen LogP contribution in [0.3, 0.4) is 0 Å². The van der Waals surface area contributed by atoms with Crippen molar-refractivity contribution < 1.29 is 17.6 Å². The highest BCUT2D eigenvalue weighted by Gasteiger charge is 2.35. The van der Waals surface area contributed by atoms with Gasteiger partial charge in [0.15, 0.2) is 5.58 Å². The third-order valence-corrected chi connectivity index (χ3v) is 7.84. The highest BCUT2D eigenvalue weighted by Crippen LogP contribution is 2.30. The monoisotopic (exact) mass is 443 g/mol. The van der Waals surface area contributed by atoms with E-state index in [9.17, 15) is 18.0 Å². The Bertz CT molecular complexity index is 1250. The number of rotatable bonds is 5. The van der Waals surface area contributed by atoms with E-state index < -0.39 is 21.7 Å². The first kappa shape index (κ1) is 21.3. The van der Waals surface area contributed by atoms with Crippen LogP contribution in [0.15, 0.2) is 62.6 Å². The van der Waals surface area contributed by atoms with E-state index in [-0.39, 0.29) is 23.5 Å². The Labute approximate surface area is 180 Å². The summed E-state index contributed by atoms with van der Waals surface area (Å²) in [4.78, 5) is 24.7. The van der Waals surface area contributed by atoms with Crippen LogP contribution in [-0.2, 0) is 21.4 Å². The molecule has 0 aliphatic carbocycles. The number of para-hydroxylation sites is 2. The van der Waals surface area contributed by atoms with Gasteiger partial charge in [-0.3, -0.25) is 9.36 Å². The standard InChI is InChI=1S/C22H25N3O5S/c1-15-6-5-7-16(2)25(15)31(28,29)18-12-10-17(11-13-18)23-21(26)14-24-19-8-3-4-9-20(19)30-22(24)27/h3-4,8-13,15-16H,5-7,14H2,1-2H3,(H,23,26)/t15-,16+. The summed E-state index contributed by atoms with van der Waals surface area (Å²) in [5, 5.41) is 2.70. The Balaban J connectivity index is 1.49. The lowest BCUT2D eigenvalue weighted by Gasteiger charge is -2.37. The molecule has 1 aromatic heterocycles. The molecular weight excluding hydrogens is 418 g/mol. The number of hydrogen-bond donors (Lipinski definition) is 1. The first-order valence-corrected chi connectivity index (χ1v) is 11.7. The van der Waals surface area contributed by atoms with E-state index in [1.807, 2.05) is 13.8 Å². The number of amides is 1. The highest BCUT2D eigenvalue weighted by atomic mass is 32.2. The average Bonchev–Trinajstić information content (AvgIpc) is 3.03. The number of nitrogens with one attached hydrogen (secondary N) is 1. The Hall–Kier alpha value is -2.91. The van der Waals surface area contributed by atoms with E-state index in [1.54, 1.807) is 40.7 Å². The fourth-order valence-electron chi connectivity index (χ4n) is 4.21. The van der Waals surface area contributed by atoms with Crippen molar-refractivity contribution in [2.75, 3.05) is 5.32 Å². The molecule has 4 rings (SSSR count). The summed E-state index contributed by atoms with van der Waals surface area (Å²) in [7, 11) is -3.61. The second-order valence-corrected chi connectivity index (χ2v) is 9.80. The molecule has 2 heterocycles. The van der Waals surface area contributed by atoms with Gasteiger partial charge in [-0.2, -0.15) is 4.31 Å². The number of sulfonamides is 1. The van der Waals surface area contributed by atoms with Gasteiger partial charge in [0.05, 0.1) is 10.4 Å². The van der Waals surface area contributed by atoms with Gasteiger partial charge in [0.25, 0.3) is 0 Å². The molecule has 8 nitrogen and oxygen atoms in total. The molecule has 0 radical (unpaired) electrons. The van der Waals surface area contributed by atoms with Crippen molar-refractivity contribution in [1.29, 1.82) is 0 Å². The summed E-state index contributed by atoms with van der Waals surface area (Å²) in [6.45, 7) is 3.66. The highest BCUT2D eigenvalue weighted by molar-refractivity contribution is 7.89. The topological polar surface area (TPSA) is 102 Å².